The fourth-order valence-corrected chi connectivity index (χ4v) is 3.71. The molecular weight excluding hydrogens is 366 g/mol. The zero-order chi connectivity index (χ0) is 19.3. The van der Waals surface area contributed by atoms with Crippen molar-refractivity contribution in [3.05, 3.63) is 46.1 Å². The van der Waals surface area contributed by atoms with Gasteiger partial charge in [-0.3, -0.25) is 9.59 Å². The fraction of sp³-hybridized carbons (Fsp3) is 0.412. The minimum atomic E-state index is -0.527. The number of fused-ring (bicyclic) bond motifs is 1. The van der Waals surface area contributed by atoms with Crippen molar-refractivity contribution >= 4 is 5.91 Å². The zero-order valence-electron chi connectivity index (χ0n) is 15.1. The van der Waals surface area contributed by atoms with E-state index < -0.39 is 5.60 Å². The molecular formula is C17H17N7O4. The third-order valence-electron chi connectivity index (χ3n) is 5.13. The van der Waals surface area contributed by atoms with Crippen molar-refractivity contribution in [1.82, 2.24) is 34.8 Å². The largest absolute Gasteiger partial charge is 0.363 e. The van der Waals surface area contributed by atoms with Gasteiger partial charge in [0.1, 0.15) is 23.7 Å². The van der Waals surface area contributed by atoms with Crippen molar-refractivity contribution in [2.75, 3.05) is 13.1 Å². The van der Waals surface area contributed by atoms with Crippen LogP contribution in [0.4, 0.5) is 0 Å². The Morgan fingerprint density at radius 3 is 2.96 bits per heavy atom. The Morgan fingerprint density at radius 1 is 1.32 bits per heavy atom. The van der Waals surface area contributed by atoms with Crippen molar-refractivity contribution in [1.29, 1.82) is 0 Å². The zero-order valence-corrected chi connectivity index (χ0v) is 15.1. The highest BCUT2D eigenvalue weighted by molar-refractivity contribution is 5.92. The predicted octanol–water partition coefficient (Wildman–Crippen LogP) is 0.140. The SMILES string of the molecule is Cc1cc(-c2nnc3n2CC2(CCN(C(=O)c4c[nH]c(=O)cn4)C2)OC3)no1. The molecule has 2 aliphatic heterocycles. The van der Waals surface area contributed by atoms with Crippen LogP contribution in [0.25, 0.3) is 11.5 Å². The van der Waals surface area contributed by atoms with Gasteiger partial charge in [0.15, 0.2) is 17.3 Å². The van der Waals surface area contributed by atoms with Crippen molar-refractivity contribution in [3.63, 3.8) is 0 Å². The number of aryl methyl sites for hydroxylation is 1. The minimum absolute atomic E-state index is 0.205. The molecule has 1 saturated heterocycles. The Kier molecular flexibility index (Phi) is 3.66. The number of aromatic amines is 1. The Balaban J connectivity index is 1.39. The third kappa shape index (κ3) is 2.71. The molecule has 1 spiro atoms. The van der Waals surface area contributed by atoms with Crippen LogP contribution in [0.5, 0.6) is 0 Å². The molecule has 1 fully saturated rings. The lowest BCUT2D eigenvalue weighted by molar-refractivity contribution is -0.0805. The van der Waals surface area contributed by atoms with Gasteiger partial charge in [0, 0.05) is 18.8 Å². The van der Waals surface area contributed by atoms with Crippen LogP contribution in [0.1, 0.15) is 28.5 Å². The van der Waals surface area contributed by atoms with Gasteiger partial charge >= 0.3 is 0 Å². The molecule has 3 aromatic rings. The van der Waals surface area contributed by atoms with Crippen LogP contribution in [0, 0.1) is 6.92 Å². The second-order valence-electron chi connectivity index (χ2n) is 7.09. The molecule has 1 amide bonds. The van der Waals surface area contributed by atoms with Gasteiger partial charge in [-0.1, -0.05) is 5.16 Å². The third-order valence-corrected chi connectivity index (χ3v) is 5.13. The van der Waals surface area contributed by atoms with E-state index >= 15 is 0 Å². The maximum absolute atomic E-state index is 12.7. The number of rotatable bonds is 2. The lowest BCUT2D eigenvalue weighted by Crippen LogP contribution is -2.45. The van der Waals surface area contributed by atoms with Gasteiger partial charge in [0.05, 0.1) is 19.3 Å². The smallest absolute Gasteiger partial charge is 0.274 e. The number of aromatic nitrogens is 6. The number of H-pyrrole nitrogens is 1. The number of nitrogens with one attached hydrogen (secondary N) is 1. The Bertz CT molecular complexity index is 1100. The van der Waals surface area contributed by atoms with Crippen molar-refractivity contribution in [2.24, 2.45) is 0 Å². The van der Waals surface area contributed by atoms with E-state index in [1.165, 1.54) is 6.20 Å². The molecule has 0 aliphatic carbocycles. The summed E-state index contributed by atoms with van der Waals surface area (Å²) in [5.41, 5.74) is -0.0468. The number of ether oxygens (including phenoxy) is 1. The highest BCUT2D eigenvalue weighted by Crippen LogP contribution is 2.34. The quantitative estimate of drug-likeness (QED) is 0.661. The first-order valence-electron chi connectivity index (χ1n) is 8.87. The summed E-state index contributed by atoms with van der Waals surface area (Å²) in [5, 5.41) is 12.5. The first-order chi connectivity index (χ1) is 13.5. The van der Waals surface area contributed by atoms with Gasteiger partial charge in [0.2, 0.25) is 0 Å². The van der Waals surface area contributed by atoms with E-state index in [0.717, 1.165) is 6.20 Å². The first-order valence-corrected chi connectivity index (χ1v) is 8.87. The van der Waals surface area contributed by atoms with Gasteiger partial charge in [-0.15, -0.1) is 10.2 Å². The molecule has 0 aromatic carbocycles. The molecule has 0 radical (unpaired) electrons. The summed E-state index contributed by atoms with van der Waals surface area (Å²) in [6, 6.07) is 1.81. The average molecular weight is 383 g/mol. The fourth-order valence-electron chi connectivity index (χ4n) is 3.71. The lowest BCUT2D eigenvalue weighted by atomic mass is 10.0. The number of likely N-dealkylation sites (tertiary alicyclic amines) is 1. The second-order valence-corrected chi connectivity index (χ2v) is 7.09. The van der Waals surface area contributed by atoms with Crippen LogP contribution >= 0.6 is 0 Å². The molecule has 11 nitrogen and oxygen atoms in total. The highest BCUT2D eigenvalue weighted by Gasteiger charge is 2.45. The summed E-state index contributed by atoms with van der Waals surface area (Å²) in [5.74, 6) is 1.80. The molecule has 11 heteroatoms. The summed E-state index contributed by atoms with van der Waals surface area (Å²) in [7, 11) is 0. The number of hydrogen-bond acceptors (Lipinski definition) is 8. The number of carbonyl (C=O) groups is 1. The van der Waals surface area contributed by atoms with Crippen LogP contribution in [0.3, 0.4) is 0 Å². The first kappa shape index (κ1) is 16.8. The molecule has 1 N–H and O–H groups in total. The standard InChI is InChI=1S/C17H17N7O4/c1-10-4-11(22-28-10)15-21-20-13-7-27-17(9-24(13)15)2-3-23(8-17)16(26)12-5-19-14(25)6-18-12/h4-6H,2-3,7-9H2,1H3,(H,19,25). The van der Waals surface area contributed by atoms with E-state index in [1.54, 1.807) is 4.90 Å². The molecule has 1 unspecified atom stereocenters. The minimum Gasteiger partial charge on any atom is -0.363 e. The van der Waals surface area contributed by atoms with Crippen LogP contribution in [0.2, 0.25) is 0 Å². The van der Waals surface area contributed by atoms with Crippen LogP contribution < -0.4 is 5.56 Å². The van der Waals surface area contributed by atoms with Gasteiger partial charge in [-0.2, -0.15) is 0 Å². The number of hydrogen-bond donors (Lipinski definition) is 1. The topological polar surface area (TPSA) is 132 Å². The molecule has 0 saturated carbocycles. The van der Waals surface area contributed by atoms with E-state index in [-0.39, 0.29) is 17.2 Å². The van der Waals surface area contributed by atoms with E-state index in [1.807, 2.05) is 17.6 Å². The average Bonchev–Trinajstić information content (AvgIpc) is 3.41. The summed E-state index contributed by atoms with van der Waals surface area (Å²) < 4.78 is 13.2. The number of nitrogens with zero attached hydrogens (tertiary/aromatic N) is 6. The molecule has 144 valence electrons. The molecule has 5 rings (SSSR count). The Hall–Kier alpha value is -3.34. The number of amides is 1. The van der Waals surface area contributed by atoms with Crippen LogP contribution in [-0.2, 0) is 17.9 Å². The summed E-state index contributed by atoms with van der Waals surface area (Å²) in [4.78, 5) is 32.0. The predicted molar refractivity (Wildman–Crippen MR) is 93.2 cm³/mol. The van der Waals surface area contributed by atoms with Crippen molar-refractivity contribution in [3.8, 4) is 11.5 Å². The summed E-state index contributed by atoms with van der Waals surface area (Å²) in [6.45, 7) is 3.60. The summed E-state index contributed by atoms with van der Waals surface area (Å²) >= 11 is 0. The van der Waals surface area contributed by atoms with Crippen molar-refractivity contribution < 1.29 is 14.1 Å². The highest BCUT2D eigenvalue weighted by atomic mass is 16.5. The monoisotopic (exact) mass is 383 g/mol. The molecule has 28 heavy (non-hydrogen) atoms. The maximum atomic E-state index is 12.7. The van der Waals surface area contributed by atoms with Crippen LogP contribution in [-0.4, -0.2) is 59.4 Å². The van der Waals surface area contributed by atoms with Crippen molar-refractivity contribution in [2.45, 2.75) is 32.1 Å². The molecule has 0 bridgehead atoms. The normalized spacial score (nSPS) is 21.2. The van der Waals surface area contributed by atoms with Gasteiger partial charge < -0.3 is 23.7 Å². The molecule has 2 aliphatic rings. The second kappa shape index (κ2) is 6.09. The van der Waals surface area contributed by atoms with E-state index in [2.05, 4.69) is 25.3 Å². The molecule has 3 aromatic heterocycles. The Morgan fingerprint density at radius 2 is 2.21 bits per heavy atom. The molecule has 1 atom stereocenters. The Labute approximate surface area is 158 Å². The lowest BCUT2D eigenvalue weighted by Gasteiger charge is -2.34. The van der Waals surface area contributed by atoms with E-state index in [9.17, 15) is 9.59 Å². The van der Waals surface area contributed by atoms with Gasteiger partial charge in [-0.05, 0) is 13.3 Å². The maximum Gasteiger partial charge on any atom is 0.274 e. The summed E-state index contributed by atoms with van der Waals surface area (Å²) in [6.07, 6.45) is 3.11. The van der Waals surface area contributed by atoms with Gasteiger partial charge in [-0.25, -0.2) is 4.98 Å². The van der Waals surface area contributed by atoms with Crippen LogP contribution in [0.15, 0.2) is 27.8 Å². The van der Waals surface area contributed by atoms with E-state index in [0.29, 0.717) is 55.8 Å². The molecule has 5 heterocycles. The number of carbonyl (C=O) groups excluding carboxylic acids is 1. The van der Waals surface area contributed by atoms with E-state index in [4.69, 9.17) is 9.26 Å². The van der Waals surface area contributed by atoms with Gasteiger partial charge in [0.25, 0.3) is 11.5 Å².